The fraction of sp³-hybridized carbons (Fsp3) is 0.594. The highest BCUT2D eigenvalue weighted by Gasteiger charge is 2.44. The summed E-state index contributed by atoms with van der Waals surface area (Å²) in [6, 6.07) is 11.8. The minimum Gasteiger partial charge on any atom is -0.481 e. The maximum atomic E-state index is 13.7. The molecule has 0 spiro atoms. The van der Waals surface area contributed by atoms with Crippen LogP contribution in [0, 0.1) is 11.8 Å². The molecule has 1 amide bonds. The van der Waals surface area contributed by atoms with Crippen molar-refractivity contribution in [3.63, 3.8) is 0 Å². The minimum atomic E-state index is -4.05. The second-order valence-electron chi connectivity index (χ2n) is 12.1. The second-order valence-corrected chi connectivity index (χ2v) is 16.1. The highest BCUT2D eigenvalue weighted by Crippen LogP contribution is 2.47. The van der Waals surface area contributed by atoms with Gasteiger partial charge in [-0.2, -0.15) is 4.31 Å². The Morgan fingerprint density at radius 1 is 1.10 bits per heavy atom. The van der Waals surface area contributed by atoms with Crippen LogP contribution in [0.25, 0.3) is 0 Å². The van der Waals surface area contributed by atoms with Gasteiger partial charge in [0.05, 0.1) is 49.4 Å². The summed E-state index contributed by atoms with van der Waals surface area (Å²) in [5, 5.41) is 14.3. The van der Waals surface area contributed by atoms with Crippen molar-refractivity contribution in [2.24, 2.45) is 11.8 Å². The van der Waals surface area contributed by atoms with Crippen LogP contribution in [0.5, 0.6) is 5.75 Å². The van der Waals surface area contributed by atoms with E-state index in [2.05, 4.69) is 5.32 Å². The number of nitrogens with two attached hydrogens (primary N) is 1. The first kappa shape index (κ1) is 38.1. The third-order valence-electron chi connectivity index (χ3n) is 7.89. The van der Waals surface area contributed by atoms with Crippen molar-refractivity contribution >= 4 is 29.4 Å². The Bertz CT molecular complexity index is 1480. The summed E-state index contributed by atoms with van der Waals surface area (Å²) >= 11 is 0. The number of carbonyl (C=O) groups is 1. The van der Waals surface area contributed by atoms with Crippen molar-refractivity contribution < 1.29 is 50.9 Å². The SMILES string of the molecule is CCOP(=O)(COc1ccc(C[C@H](NC(=O)O[C@H]2CO[C@H]3OCC[C@H]32)[C@H](O)CN(CC(C)C)S(=O)(=O)c2cccc(N)c2)cc1)OCC. The largest absolute Gasteiger partial charge is 0.481 e. The van der Waals surface area contributed by atoms with Gasteiger partial charge in [0.25, 0.3) is 0 Å². The van der Waals surface area contributed by atoms with Crippen LogP contribution in [0.2, 0.25) is 0 Å². The van der Waals surface area contributed by atoms with Crippen molar-refractivity contribution in [3.05, 3.63) is 54.1 Å². The molecule has 268 valence electrons. The quantitative estimate of drug-likeness (QED) is 0.149. The van der Waals surface area contributed by atoms with Crippen molar-refractivity contribution in [2.45, 2.75) is 70.0 Å². The topological polar surface area (TPSA) is 185 Å². The lowest BCUT2D eigenvalue weighted by molar-refractivity contribution is -0.0907. The number of nitrogens with zero attached hydrogens (tertiary/aromatic N) is 1. The molecule has 2 aliphatic rings. The zero-order chi connectivity index (χ0) is 34.9. The predicted molar refractivity (Wildman–Crippen MR) is 178 cm³/mol. The van der Waals surface area contributed by atoms with Gasteiger partial charge in [-0.3, -0.25) is 4.57 Å². The van der Waals surface area contributed by atoms with E-state index in [0.29, 0.717) is 30.0 Å². The summed E-state index contributed by atoms with van der Waals surface area (Å²) in [5.74, 6) is 0.257. The van der Waals surface area contributed by atoms with Crippen molar-refractivity contribution in [1.82, 2.24) is 9.62 Å². The fourth-order valence-electron chi connectivity index (χ4n) is 5.63. The number of aliphatic hydroxyl groups is 1. The number of benzene rings is 2. The van der Waals surface area contributed by atoms with Crippen LogP contribution in [0.3, 0.4) is 0 Å². The standard InChI is InChI=1S/C32H48N3O11PS/c1-5-44-47(38,45-6-2)21-43-25-12-10-23(11-13-25)16-28(34-32(37)46-30-20-42-31-27(30)14-15-41-31)29(36)19-35(18-22(3)4)48(39,40)26-9-7-8-24(33)17-26/h7-13,17,22,27-31,36H,5-6,14-16,18-21,33H2,1-4H3,(H,34,37)/t27-,28-,29+,30-,31+/m0/s1. The van der Waals surface area contributed by atoms with Crippen LogP contribution in [0.4, 0.5) is 10.5 Å². The summed E-state index contributed by atoms with van der Waals surface area (Å²) in [7, 11) is -7.48. The maximum absolute atomic E-state index is 13.7. The molecule has 4 N–H and O–H groups in total. The highest BCUT2D eigenvalue weighted by atomic mass is 32.2. The van der Waals surface area contributed by atoms with Gasteiger partial charge in [-0.25, -0.2) is 13.2 Å². The van der Waals surface area contributed by atoms with E-state index in [9.17, 15) is 22.9 Å². The Labute approximate surface area is 282 Å². The van der Waals surface area contributed by atoms with Crippen LogP contribution in [-0.2, 0) is 44.3 Å². The lowest BCUT2D eigenvalue weighted by atomic mass is 10.0. The van der Waals surface area contributed by atoms with Gasteiger partial charge in [0.15, 0.2) is 12.6 Å². The van der Waals surface area contributed by atoms with Gasteiger partial charge in [-0.1, -0.05) is 32.0 Å². The number of ether oxygens (including phenoxy) is 4. The second kappa shape index (κ2) is 17.3. The van der Waals surface area contributed by atoms with E-state index in [0.717, 1.165) is 0 Å². The van der Waals surface area contributed by atoms with E-state index in [1.54, 1.807) is 50.2 Å². The number of sulfonamides is 1. The lowest BCUT2D eigenvalue weighted by Crippen LogP contribution is -2.51. The molecule has 2 heterocycles. The summed E-state index contributed by atoms with van der Waals surface area (Å²) in [4.78, 5) is 13.2. The number of amides is 1. The van der Waals surface area contributed by atoms with Crippen molar-refractivity contribution in [1.29, 1.82) is 0 Å². The zero-order valence-electron chi connectivity index (χ0n) is 27.9. The van der Waals surface area contributed by atoms with Crippen LogP contribution < -0.4 is 15.8 Å². The number of nitrogens with one attached hydrogen (secondary N) is 1. The van der Waals surface area contributed by atoms with Gasteiger partial charge in [-0.15, -0.1) is 0 Å². The molecule has 2 aromatic carbocycles. The lowest BCUT2D eigenvalue weighted by Gasteiger charge is -2.31. The number of alkyl carbamates (subject to hydrolysis) is 1. The van der Waals surface area contributed by atoms with Gasteiger partial charge in [-0.05, 0) is 68.5 Å². The molecule has 0 aromatic heterocycles. The molecule has 2 aromatic rings. The van der Waals surface area contributed by atoms with Crippen molar-refractivity contribution in [2.75, 3.05) is 51.6 Å². The molecule has 5 atom stereocenters. The highest BCUT2D eigenvalue weighted by molar-refractivity contribution is 7.89. The Hall–Kier alpha value is -2.75. The molecular formula is C32H48N3O11PS. The molecule has 4 rings (SSSR count). The third-order valence-corrected chi connectivity index (χ3v) is 11.5. The normalized spacial score (nSPS) is 20.9. The van der Waals surface area contributed by atoms with E-state index >= 15 is 0 Å². The monoisotopic (exact) mass is 713 g/mol. The summed E-state index contributed by atoms with van der Waals surface area (Å²) < 4.78 is 74.5. The van der Waals surface area contributed by atoms with Gasteiger partial charge < -0.3 is 44.2 Å². The molecule has 2 fully saturated rings. The maximum Gasteiger partial charge on any atom is 0.407 e. The molecule has 0 bridgehead atoms. The zero-order valence-corrected chi connectivity index (χ0v) is 29.6. The van der Waals surface area contributed by atoms with Crippen LogP contribution in [-0.4, -0.2) is 94.3 Å². The van der Waals surface area contributed by atoms with E-state index in [4.69, 9.17) is 33.7 Å². The Balaban J connectivity index is 1.51. The van der Waals surface area contributed by atoms with E-state index in [1.807, 2.05) is 13.8 Å². The number of fused-ring (bicyclic) bond motifs is 1. The summed E-state index contributed by atoms with van der Waals surface area (Å²) in [6.07, 6.45) is -2.49. The first-order valence-corrected chi connectivity index (χ1v) is 19.3. The summed E-state index contributed by atoms with van der Waals surface area (Å²) in [5.41, 5.74) is 6.87. The number of aliphatic hydroxyl groups excluding tert-OH is 1. The molecule has 14 nitrogen and oxygen atoms in total. The van der Waals surface area contributed by atoms with Gasteiger partial charge in [0.1, 0.15) is 11.9 Å². The van der Waals surface area contributed by atoms with Gasteiger partial charge in [0, 0.05) is 18.8 Å². The van der Waals surface area contributed by atoms with Gasteiger partial charge >= 0.3 is 13.7 Å². The third kappa shape index (κ3) is 10.4. The molecule has 0 unspecified atom stereocenters. The smallest absolute Gasteiger partial charge is 0.407 e. The number of nitrogen functional groups attached to an aromatic ring is 1. The Morgan fingerprint density at radius 2 is 1.81 bits per heavy atom. The Morgan fingerprint density at radius 3 is 2.46 bits per heavy atom. The molecule has 0 radical (unpaired) electrons. The predicted octanol–water partition coefficient (Wildman–Crippen LogP) is 3.98. The first-order valence-electron chi connectivity index (χ1n) is 16.2. The van der Waals surface area contributed by atoms with Crippen LogP contribution in [0.15, 0.2) is 53.4 Å². The first-order chi connectivity index (χ1) is 22.8. The molecule has 2 saturated heterocycles. The molecule has 2 aliphatic heterocycles. The van der Waals surface area contributed by atoms with Gasteiger partial charge in [0.2, 0.25) is 10.0 Å². The molecule has 0 aliphatic carbocycles. The number of hydrogen-bond donors (Lipinski definition) is 3. The molecule has 0 saturated carbocycles. The summed E-state index contributed by atoms with van der Waals surface area (Å²) in [6.45, 7) is 8.10. The fourth-order valence-corrected chi connectivity index (χ4v) is 8.62. The number of rotatable bonds is 18. The Kier molecular flexibility index (Phi) is 13.7. The minimum absolute atomic E-state index is 0.00245. The number of carbonyl (C=O) groups excluding carboxylic acids is 1. The number of hydrogen-bond acceptors (Lipinski definition) is 12. The van der Waals surface area contributed by atoms with E-state index < -0.39 is 48.3 Å². The number of anilines is 1. The average molecular weight is 714 g/mol. The van der Waals surface area contributed by atoms with E-state index in [1.165, 1.54) is 16.4 Å². The average Bonchev–Trinajstić information content (AvgIpc) is 3.65. The van der Waals surface area contributed by atoms with Crippen LogP contribution >= 0.6 is 7.60 Å². The molecule has 48 heavy (non-hydrogen) atoms. The van der Waals surface area contributed by atoms with E-state index in [-0.39, 0.29) is 62.4 Å². The molecule has 16 heteroatoms. The van der Waals surface area contributed by atoms with Crippen molar-refractivity contribution in [3.8, 4) is 5.75 Å². The molecular weight excluding hydrogens is 665 g/mol. The van der Waals surface area contributed by atoms with Crippen LogP contribution in [0.1, 0.15) is 39.7 Å².